The van der Waals surface area contributed by atoms with Crippen molar-refractivity contribution in [1.29, 1.82) is 0 Å². The van der Waals surface area contributed by atoms with Gasteiger partial charge in [-0.25, -0.2) is 0 Å². The minimum absolute atomic E-state index is 0.496. The van der Waals surface area contributed by atoms with Gasteiger partial charge in [-0.05, 0) is 43.9 Å². The number of hydrazine groups is 1. The van der Waals surface area contributed by atoms with Crippen LogP contribution < -0.4 is 11.3 Å². The van der Waals surface area contributed by atoms with Gasteiger partial charge in [0.2, 0.25) is 0 Å². The largest absolute Gasteiger partial charge is 0.381 e. The van der Waals surface area contributed by atoms with E-state index in [0.29, 0.717) is 6.04 Å². The van der Waals surface area contributed by atoms with Crippen LogP contribution >= 0.6 is 0 Å². The maximum atomic E-state index is 5.59. The van der Waals surface area contributed by atoms with Crippen LogP contribution in [0.3, 0.4) is 0 Å². The molecule has 0 aromatic carbocycles. The summed E-state index contributed by atoms with van der Waals surface area (Å²) in [4.78, 5) is 0. The minimum Gasteiger partial charge on any atom is -0.381 e. The Morgan fingerprint density at radius 3 is 2.47 bits per heavy atom. The van der Waals surface area contributed by atoms with Gasteiger partial charge in [0.15, 0.2) is 0 Å². The number of rotatable bonds is 6. The van der Waals surface area contributed by atoms with Crippen molar-refractivity contribution in [2.75, 3.05) is 13.2 Å². The lowest BCUT2D eigenvalue weighted by atomic mass is 9.90. The molecule has 0 aliphatic carbocycles. The van der Waals surface area contributed by atoms with Gasteiger partial charge >= 0.3 is 0 Å². The first-order valence-corrected chi connectivity index (χ1v) is 6.26. The molecule has 3 nitrogen and oxygen atoms in total. The van der Waals surface area contributed by atoms with Gasteiger partial charge in [-0.15, -0.1) is 0 Å². The second kappa shape index (κ2) is 7.20. The van der Waals surface area contributed by atoms with Crippen LogP contribution in [-0.4, -0.2) is 19.3 Å². The highest BCUT2D eigenvalue weighted by Gasteiger charge is 2.18. The Hall–Kier alpha value is -0.120. The van der Waals surface area contributed by atoms with Crippen LogP contribution in [0.15, 0.2) is 0 Å². The summed E-state index contributed by atoms with van der Waals surface area (Å²) in [5.41, 5.74) is 2.96. The van der Waals surface area contributed by atoms with Gasteiger partial charge in [-0.1, -0.05) is 13.8 Å². The molecule has 0 amide bonds. The van der Waals surface area contributed by atoms with Gasteiger partial charge in [-0.2, -0.15) is 0 Å². The molecule has 0 saturated carbocycles. The molecule has 1 unspecified atom stereocenters. The van der Waals surface area contributed by atoms with E-state index in [2.05, 4.69) is 19.3 Å². The summed E-state index contributed by atoms with van der Waals surface area (Å²) >= 11 is 0. The van der Waals surface area contributed by atoms with Gasteiger partial charge in [0, 0.05) is 19.3 Å². The molecule has 1 atom stereocenters. The Kier molecular flexibility index (Phi) is 6.22. The Morgan fingerprint density at radius 2 is 1.93 bits per heavy atom. The molecular weight excluding hydrogens is 188 g/mol. The molecule has 1 heterocycles. The second-order valence-electron chi connectivity index (χ2n) is 5.13. The molecule has 0 radical (unpaired) electrons. The Balaban J connectivity index is 2.19. The minimum atomic E-state index is 0.496. The molecule has 15 heavy (non-hydrogen) atoms. The number of nitrogens with two attached hydrogens (primary N) is 1. The summed E-state index contributed by atoms with van der Waals surface area (Å²) in [5, 5.41) is 0. The molecule has 0 aromatic heterocycles. The number of hydrogen-bond acceptors (Lipinski definition) is 3. The van der Waals surface area contributed by atoms with Crippen molar-refractivity contribution in [1.82, 2.24) is 5.43 Å². The summed E-state index contributed by atoms with van der Waals surface area (Å²) in [6.45, 7) is 6.41. The molecule has 90 valence electrons. The lowest BCUT2D eigenvalue weighted by molar-refractivity contribution is 0.0600. The monoisotopic (exact) mass is 214 g/mol. The van der Waals surface area contributed by atoms with Crippen LogP contribution in [0.4, 0.5) is 0 Å². The lowest BCUT2D eigenvalue weighted by Gasteiger charge is -2.26. The zero-order valence-corrected chi connectivity index (χ0v) is 10.2. The van der Waals surface area contributed by atoms with Gasteiger partial charge < -0.3 is 4.74 Å². The summed E-state index contributed by atoms with van der Waals surface area (Å²) in [6.07, 6.45) is 6.09. The van der Waals surface area contributed by atoms with E-state index >= 15 is 0 Å². The molecule has 3 N–H and O–H groups in total. The quantitative estimate of drug-likeness (QED) is 0.525. The Labute approximate surface area is 93.7 Å². The predicted octanol–water partition coefficient (Wildman–Crippen LogP) is 2.07. The van der Waals surface area contributed by atoms with E-state index in [1.165, 1.54) is 32.1 Å². The van der Waals surface area contributed by atoms with Crippen LogP contribution in [0.25, 0.3) is 0 Å². The first kappa shape index (κ1) is 12.9. The fourth-order valence-electron chi connectivity index (χ4n) is 2.19. The summed E-state index contributed by atoms with van der Waals surface area (Å²) < 4.78 is 5.36. The number of hydrogen-bond donors (Lipinski definition) is 2. The summed E-state index contributed by atoms with van der Waals surface area (Å²) in [6, 6.07) is 0.496. The Morgan fingerprint density at radius 1 is 1.27 bits per heavy atom. The summed E-state index contributed by atoms with van der Waals surface area (Å²) in [5.74, 6) is 7.18. The van der Waals surface area contributed by atoms with E-state index in [1.807, 2.05) is 0 Å². The molecule has 1 aliphatic rings. The van der Waals surface area contributed by atoms with Gasteiger partial charge in [0.05, 0.1) is 0 Å². The molecule has 0 aromatic rings. The average Bonchev–Trinajstić information content (AvgIpc) is 2.25. The van der Waals surface area contributed by atoms with Crippen LogP contribution in [0.5, 0.6) is 0 Å². The third-order valence-corrected chi connectivity index (χ3v) is 3.29. The van der Waals surface area contributed by atoms with Gasteiger partial charge in [0.25, 0.3) is 0 Å². The fourth-order valence-corrected chi connectivity index (χ4v) is 2.19. The smallest absolute Gasteiger partial charge is 0.0468 e. The normalized spacial score (nSPS) is 20.8. The van der Waals surface area contributed by atoms with E-state index in [-0.39, 0.29) is 0 Å². The van der Waals surface area contributed by atoms with Crippen molar-refractivity contribution in [2.24, 2.45) is 17.7 Å². The van der Waals surface area contributed by atoms with Crippen LogP contribution in [-0.2, 0) is 4.74 Å². The standard InChI is InChI=1S/C12H26N2O/c1-10(2)3-4-12(14-13)9-11-5-7-15-8-6-11/h10-12,14H,3-9,13H2,1-2H3. The molecule has 3 heteroatoms. The van der Waals surface area contributed by atoms with E-state index < -0.39 is 0 Å². The van der Waals surface area contributed by atoms with Gasteiger partial charge in [-0.3, -0.25) is 11.3 Å². The van der Waals surface area contributed by atoms with E-state index in [9.17, 15) is 0 Å². The van der Waals surface area contributed by atoms with Crippen LogP contribution in [0, 0.1) is 11.8 Å². The topological polar surface area (TPSA) is 47.3 Å². The second-order valence-corrected chi connectivity index (χ2v) is 5.13. The molecular formula is C12H26N2O. The number of ether oxygens (including phenoxy) is 1. The molecule has 1 fully saturated rings. The summed E-state index contributed by atoms with van der Waals surface area (Å²) in [7, 11) is 0. The predicted molar refractivity (Wildman–Crippen MR) is 63.3 cm³/mol. The van der Waals surface area contributed by atoms with Crippen LogP contribution in [0.2, 0.25) is 0 Å². The SMILES string of the molecule is CC(C)CCC(CC1CCOCC1)NN. The van der Waals surface area contributed by atoms with Crippen molar-refractivity contribution in [3.05, 3.63) is 0 Å². The van der Waals surface area contributed by atoms with Crippen molar-refractivity contribution in [2.45, 2.75) is 52.0 Å². The first-order valence-electron chi connectivity index (χ1n) is 6.26. The third kappa shape index (κ3) is 5.50. The van der Waals surface area contributed by atoms with E-state index in [0.717, 1.165) is 25.0 Å². The average molecular weight is 214 g/mol. The third-order valence-electron chi connectivity index (χ3n) is 3.29. The van der Waals surface area contributed by atoms with Crippen molar-refractivity contribution in [3.8, 4) is 0 Å². The highest BCUT2D eigenvalue weighted by Crippen LogP contribution is 2.22. The van der Waals surface area contributed by atoms with E-state index in [1.54, 1.807) is 0 Å². The molecule has 0 bridgehead atoms. The Bertz CT molecular complexity index is 156. The van der Waals surface area contributed by atoms with Crippen molar-refractivity contribution in [3.63, 3.8) is 0 Å². The fraction of sp³-hybridized carbons (Fsp3) is 1.00. The molecule has 1 saturated heterocycles. The molecule has 1 aliphatic heterocycles. The zero-order valence-electron chi connectivity index (χ0n) is 10.2. The number of nitrogens with one attached hydrogen (secondary N) is 1. The molecule has 1 rings (SSSR count). The maximum Gasteiger partial charge on any atom is 0.0468 e. The highest BCUT2D eigenvalue weighted by molar-refractivity contribution is 4.72. The molecule has 0 spiro atoms. The van der Waals surface area contributed by atoms with E-state index in [4.69, 9.17) is 10.6 Å². The van der Waals surface area contributed by atoms with Crippen molar-refractivity contribution >= 4 is 0 Å². The maximum absolute atomic E-state index is 5.59. The highest BCUT2D eigenvalue weighted by atomic mass is 16.5. The lowest BCUT2D eigenvalue weighted by Crippen LogP contribution is -2.37. The van der Waals surface area contributed by atoms with Crippen molar-refractivity contribution < 1.29 is 4.74 Å². The van der Waals surface area contributed by atoms with Gasteiger partial charge in [0.1, 0.15) is 0 Å². The first-order chi connectivity index (χ1) is 7.22. The zero-order chi connectivity index (χ0) is 11.1. The van der Waals surface area contributed by atoms with Crippen LogP contribution in [0.1, 0.15) is 46.0 Å².